The van der Waals surface area contributed by atoms with Gasteiger partial charge in [0.05, 0.1) is 21.5 Å². The predicted molar refractivity (Wildman–Crippen MR) is 137 cm³/mol. The molecular weight excluding hydrogens is 540 g/mol. The van der Waals surface area contributed by atoms with Crippen molar-refractivity contribution in [3.63, 3.8) is 0 Å². The van der Waals surface area contributed by atoms with E-state index in [0.717, 1.165) is 0 Å². The second kappa shape index (κ2) is 9.78. The van der Waals surface area contributed by atoms with Gasteiger partial charge in [0.1, 0.15) is 16.0 Å². The van der Waals surface area contributed by atoms with E-state index >= 15 is 0 Å². The first-order chi connectivity index (χ1) is 16.5. The molecule has 4 rings (SSSR count). The first-order valence-corrected chi connectivity index (χ1v) is 11.7. The highest BCUT2D eigenvalue weighted by atomic mass is 35.5. The average molecular weight is 556 g/mol. The van der Waals surface area contributed by atoms with E-state index in [1.807, 2.05) is 0 Å². The monoisotopic (exact) mass is 554 g/mol. The van der Waals surface area contributed by atoms with Crippen LogP contribution in [-0.4, -0.2) is 16.1 Å². The summed E-state index contributed by atoms with van der Waals surface area (Å²) >= 11 is 25.1. The Labute approximate surface area is 219 Å². The molecule has 1 aliphatic rings. The molecule has 0 aromatic heterocycles. The zero-order valence-electron chi connectivity index (χ0n) is 17.7. The Morgan fingerprint density at radius 3 is 2.14 bits per heavy atom. The fraction of sp³-hybridized carbons (Fsp3) is 0.120. The molecule has 0 radical (unpaired) electrons. The number of nitrogens with one attached hydrogen (secondary N) is 2. The van der Waals surface area contributed by atoms with Crippen molar-refractivity contribution in [2.45, 2.75) is 10.3 Å². The maximum atomic E-state index is 13.5. The van der Waals surface area contributed by atoms with Gasteiger partial charge in [-0.3, -0.25) is 9.59 Å². The van der Waals surface area contributed by atoms with Crippen LogP contribution in [0.2, 0.25) is 10.0 Å². The fourth-order valence-electron chi connectivity index (χ4n) is 3.74. The number of hydrogen-bond acceptors (Lipinski definition) is 2. The van der Waals surface area contributed by atoms with Crippen LogP contribution >= 0.6 is 46.4 Å². The SMILES string of the molecule is C=C(F)c1ccc([C@H]2[C@H](C(=O)Nc3ccc(Cl)c(C(=O)Nc4ccc(F)cc4)c3)C2(Cl)Cl)cc1Cl. The van der Waals surface area contributed by atoms with Gasteiger partial charge in [0.2, 0.25) is 5.91 Å². The van der Waals surface area contributed by atoms with Gasteiger partial charge in [-0.15, -0.1) is 23.2 Å². The van der Waals surface area contributed by atoms with Crippen molar-refractivity contribution in [1.82, 2.24) is 0 Å². The first kappa shape index (κ1) is 25.5. The molecule has 0 unspecified atom stereocenters. The Bertz CT molecular complexity index is 1350. The topological polar surface area (TPSA) is 58.2 Å². The van der Waals surface area contributed by atoms with E-state index in [4.69, 9.17) is 46.4 Å². The molecule has 1 saturated carbocycles. The summed E-state index contributed by atoms with van der Waals surface area (Å²) in [7, 11) is 0. The maximum absolute atomic E-state index is 13.5. The largest absolute Gasteiger partial charge is 0.326 e. The molecule has 4 nitrogen and oxygen atoms in total. The molecule has 0 bridgehead atoms. The van der Waals surface area contributed by atoms with E-state index in [1.165, 1.54) is 54.6 Å². The first-order valence-electron chi connectivity index (χ1n) is 10.2. The minimum absolute atomic E-state index is 0.0953. The van der Waals surface area contributed by atoms with E-state index in [-0.39, 0.29) is 21.2 Å². The van der Waals surface area contributed by atoms with E-state index in [1.54, 1.807) is 6.07 Å². The third kappa shape index (κ3) is 5.31. The van der Waals surface area contributed by atoms with Gasteiger partial charge in [-0.1, -0.05) is 41.9 Å². The van der Waals surface area contributed by atoms with Gasteiger partial charge < -0.3 is 10.6 Å². The quantitative estimate of drug-likeness (QED) is 0.304. The summed E-state index contributed by atoms with van der Waals surface area (Å²) in [6.45, 7) is 3.23. The maximum Gasteiger partial charge on any atom is 0.257 e. The number of carbonyl (C=O) groups is 2. The molecule has 2 atom stereocenters. The molecule has 35 heavy (non-hydrogen) atoms. The molecule has 0 saturated heterocycles. The number of carbonyl (C=O) groups excluding carboxylic acids is 2. The summed E-state index contributed by atoms with van der Waals surface area (Å²) in [4.78, 5) is 25.6. The number of rotatable bonds is 6. The summed E-state index contributed by atoms with van der Waals surface area (Å²) in [5.41, 5.74) is 1.47. The number of hydrogen-bond donors (Lipinski definition) is 2. The van der Waals surface area contributed by atoms with Crippen LogP contribution < -0.4 is 10.6 Å². The normalized spacial score (nSPS) is 18.0. The minimum Gasteiger partial charge on any atom is -0.326 e. The van der Waals surface area contributed by atoms with Crippen molar-refractivity contribution >= 4 is 75.4 Å². The highest BCUT2D eigenvalue weighted by Crippen LogP contribution is 2.65. The van der Waals surface area contributed by atoms with E-state index in [2.05, 4.69) is 17.2 Å². The molecule has 180 valence electrons. The number of alkyl halides is 2. The summed E-state index contributed by atoms with van der Waals surface area (Å²) in [5.74, 6) is -3.56. The van der Waals surface area contributed by atoms with Crippen LogP contribution in [0.4, 0.5) is 20.2 Å². The number of benzene rings is 3. The van der Waals surface area contributed by atoms with Crippen molar-refractivity contribution in [3.05, 3.63) is 99.8 Å². The number of halogens is 6. The zero-order valence-corrected chi connectivity index (χ0v) is 20.7. The lowest BCUT2D eigenvalue weighted by atomic mass is 10.1. The van der Waals surface area contributed by atoms with Crippen LogP contribution in [0.25, 0.3) is 5.83 Å². The van der Waals surface area contributed by atoms with Gasteiger partial charge in [0, 0.05) is 22.9 Å². The Morgan fingerprint density at radius 2 is 1.51 bits per heavy atom. The Hall–Kier alpha value is -2.64. The molecular formula is C25H16Cl4F2N2O2. The lowest BCUT2D eigenvalue weighted by Gasteiger charge is -2.10. The van der Waals surface area contributed by atoms with Crippen molar-refractivity contribution in [2.24, 2.45) is 5.92 Å². The van der Waals surface area contributed by atoms with Crippen molar-refractivity contribution in [2.75, 3.05) is 10.6 Å². The molecule has 1 aliphatic carbocycles. The Kier molecular flexibility index (Phi) is 7.11. The standard InChI is InChI=1S/C25H16Cl4F2N2O2/c1-12(30)17-8-2-13(10-20(17)27)21-22(25(21,28)29)24(35)33-16-7-9-19(26)18(11-16)23(34)32-15-5-3-14(31)4-6-15/h2-11,21-22H,1H2,(H,32,34)(H,33,35)/t21-,22+/m0/s1. The highest BCUT2D eigenvalue weighted by molar-refractivity contribution is 6.53. The predicted octanol–water partition coefficient (Wildman–Crippen LogP) is 7.85. The molecule has 3 aromatic rings. The van der Waals surface area contributed by atoms with Gasteiger partial charge >= 0.3 is 0 Å². The molecule has 3 aromatic carbocycles. The van der Waals surface area contributed by atoms with Crippen LogP contribution in [0.1, 0.15) is 27.4 Å². The molecule has 1 fully saturated rings. The van der Waals surface area contributed by atoms with Gasteiger partial charge in [-0.2, -0.15) is 0 Å². The summed E-state index contributed by atoms with van der Waals surface area (Å²) in [6, 6.07) is 14.1. The van der Waals surface area contributed by atoms with Gasteiger partial charge in [0.25, 0.3) is 5.91 Å². The summed E-state index contributed by atoms with van der Waals surface area (Å²) in [6.07, 6.45) is 0. The van der Waals surface area contributed by atoms with E-state index < -0.39 is 39.6 Å². The zero-order chi connectivity index (χ0) is 25.5. The van der Waals surface area contributed by atoms with E-state index in [0.29, 0.717) is 16.9 Å². The highest BCUT2D eigenvalue weighted by Gasteiger charge is 2.67. The Morgan fingerprint density at radius 1 is 0.857 bits per heavy atom. The molecule has 0 heterocycles. The molecule has 10 heteroatoms. The van der Waals surface area contributed by atoms with Crippen LogP contribution in [0.15, 0.2) is 67.2 Å². The fourth-order valence-corrected chi connectivity index (χ4v) is 5.06. The van der Waals surface area contributed by atoms with Crippen LogP contribution in [0.5, 0.6) is 0 Å². The van der Waals surface area contributed by atoms with Crippen LogP contribution in [0.3, 0.4) is 0 Å². The second-order valence-electron chi connectivity index (χ2n) is 7.92. The Balaban J connectivity index is 1.50. The van der Waals surface area contributed by atoms with Crippen LogP contribution in [0, 0.1) is 11.7 Å². The van der Waals surface area contributed by atoms with Crippen molar-refractivity contribution < 1.29 is 18.4 Å². The number of anilines is 2. The molecule has 0 aliphatic heterocycles. The minimum atomic E-state index is -1.41. The third-order valence-corrected chi connectivity index (χ3v) is 7.14. The van der Waals surface area contributed by atoms with Gasteiger partial charge in [-0.25, -0.2) is 8.78 Å². The van der Waals surface area contributed by atoms with E-state index in [9.17, 15) is 18.4 Å². The lowest BCUT2D eigenvalue weighted by molar-refractivity contribution is -0.117. The van der Waals surface area contributed by atoms with Crippen molar-refractivity contribution in [1.29, 1.82) is 0 Å². The van der Waals surface area contributed by atoms with Crippen molar-refractivity contribution in [3.8, 4) is 0 Å². The lowest BCUT2D eigenvalue weighted by Crippen LogP contribution is -2.18. The van der Waals surface area contributed by atoms with Crippen LogP contribution in [-0.2, 0) is 4.79 Å². The summed E-state index contributed by atoms with van der Waals surface area (Å²) in [5, 5.41) is 5.58. The smallest absolute Gasteiger partial charge is 0.257 e. The molecule has 0 spiro atoms. The van der Waals surface area contributed by atoms with Gasteiger partial charge in [-0.05, 0) is 54.1 Å². The second-order valence-corrected chi connectivity index (χ2v) is 10.2. The summed E-state index contributed by atoms with van der Waals surface area (Å²) < 4.78 is 25.1. The van der Waals surface area contributed by atoms with Gasteiger partial charge in [0.15, 0.2) is 0 Å². The average Bonchev–Trinajstić information content (AvgIpc) is 3.38. The third-order valence-electron chi connectivity index (χ3n) is 5.56. The number of amides is 2. The molecule has 2 N–H and O–H groups in total. The molecule has 2 amide bonds.